The molecular formula is C17H27N3O8S3. The quantitative estimate of drug-likeness (QED) is 0.377. The van der Waals surface area contributed by atoms with E-state index in [9.17, 15) is 26.4 Å². The molecule has 2 rings (SSSR count). The van der Waals surface area contributed by atoms with Crippen molar-refractivity contribution in [2.75, 3.05) is 33.4 Å². The van der Waals surface area contributed by atoms with Gasteiger partial charge in [-0.15, -0.1) is 11.3 Å². The number of ether oxygens (including phenoxy) is 2. The molecule has 31 heavy (non-hydrogen) atoms. The van der Waals surface area contributed by atoms with E-state index < -0.39 is 44.1 Å². The van der Waals surface area contributed by atoms with Gasteiger partial charge in [-0.2, -0.15) is 4.31 Å². The molecule has 1 aliphatic rings. The van der Waals surface area contributed by atoms with Crippen LogP contribution in [0.1, 0.15) is 38.8 Å². The molecule has 1 aromatic rings. The van der Waals surface area contributed by atoms with Gasteiger partial charge < -0.3 is 14.4 Å². The first-order valence-electron chi connectivity index (χ1n) is 9.47. The number of hydrogen-bond donors (Lipinski definition) is 1. The molecule has 2 atom stereocenters. The van der Waals surface area contributed by atoms with Crippen LogP contribution in [0.5, 0.6) is 0 Å². The fourth-order valence-electron chi connectivity index (χ4n) is 3.37. The number of nitrogens with zero attached hydrogens (tertiary/aromatic N) is 2. The molecule has 0 aromatic carbocycles. The number of rotatable bonds is 9. The van der Waals surface area contributed by atoms with Gasteiger partial charge in [0.15, 0.2) is 6.10 Å². The molecule has 2 N–H and O–H groups in total. The van der Waals surface area contributed by atoms with Crippen molar-refractivity contribution >= 4 is 43.3 Å². The molecule has 14 heteroatoms. The van der Waals surface area contributed by atoms with Crippen molar-refractivity contribution in [3.8, 4) is 0 Å². The van der Waals surface area contributed by atoms with Gasteiger partial charge in [-0.1, -0.05) is 0 Å². The first-order valence-corrected chi connectivity index (χ1v) is 13.3. The van der Waals surface area contributed by atoms with Crippen LogP contribution in [-0.4, -0.2) is 77.4 Å². The highest BCUT2D eigenvalue weighted by atomic mass is 32.3. The summed E-state index contributed by atoms with van der Waals surface area (Å²) in [6.45, 7) is 4.86. The van der Waals surface area contributed by atoms with E-state index >= 15 is 0 Å². The molecule has 176 valence electrons. The molecule has 1 aromatic heterocycles. The third-order valence-electron chi connectivity index (χ3n) is 4.74. The highest BCUT2D eigenvalue weighted by Crippen LogP contribution is 2.42. The zero-order chi connectivity index (χ0) is 23.6. The fourth-order valence-corrected chi connectivity index (χ4v) is 7.66. The maximum Gasteiger partial charge on any atom is 0.303 e. The van der Waals surface area contributed by atoms with Crippen molar-refractivity contribution < 1.29 is 35.9 Å². The van der Waals surface area contributed by atoms with Crippen molar-refractivity contribution in [3.63, 3.8) is 0 Å². The second-order valence-electron chi connectivity index (χ2n) is 6.95. The predicted molar refractivity (Wildman–Crippen MR) is 112 cm³/mol. The van der Waals surface area contributed by atoms with Crippen LogP contribution in [0.25, 0.3) is 0 Å². The van der Waals surface area contributed by atoms with E-state index in [1.54, 1.807) is 6.92 Å². The van der Waals surface area contributed by atoms with Crippen LogP contribution >= 0.6 is 11.3 Å². The maximum atomic E-state index is 13.1. The second kappa shape index (κ2) is 9.92. The molecule has 0 aliphatic carbocycles. The Hall–Kier alpha value is -1.58. The molecule has 11 nitrogen and oxygen atoms in total. The maximum absolute atomic E-state index is 13.1. The van der Waals surface area contributed by atoms with Gasteiger partial charge in [-0.25, -0.2) is 22.0 Å². The number of esters is 1. The summed E-state index contributed by atoms with van der Waals surface area (Å²) in [6.07, 6.45) is -0.674. The number of methoxy groups -OCH3 is 1. The number of primary sulfonamides is 1. The van der Waals surface area contributed by atoms with Crippen LogP contribution in [0, 0.1) is 0 Å². The molecule has 0 saturated heterocycles. The number of fused-ring (bicyclic) bond motifs is 1. The lowest BCUT2D eigenvalue weighted by Crippen LogP contribution is -2.49. The number of carbonyl (C=O) groups excluding carboxylic acids is 2. The zero-order valence-electron chi connectivity index (χ0n) is 17.7. The summed E-state index contributed by atoms with van der Waals surface area (Å²) in [4.78, 5) is 25.6. The van der Waals surface area contributed by atoms with E-state index in [2.05, 4.69) is 0 Å². The lowest BCUT2D eigenvalue weighted by atomic mass is 10.1. The monoisotopic (exact) mass is 497 g/mol. The fraction of sp³-hybridized carbons (Fsp3) is 0.647. The molecule has 2 heterocycles. The molecule has 1 unspecified atom stereocenters. The Morgan fingerprint density at radius 2 is 2.06 bits per heavy atom. The van der Waals surface area contributed by atoms with Gasteiger partial charge in [0.25, 0.3) is 15.9 Å². The van der Waals surface area contributed by atoms with Crippen molar-refractivity contribution in [2.45, 2.75) is 47.8 Å². The Kier molecular flexibility index (Phi) is 8.21. The molecular weight excluding hydrogens is 470 g/mol. The molecule has 0 bridgehead atoms. The average Bonchev–Trinajstić information content (AvgIpc) is 3.12. The van der Waals surface area contributed by atoms with E-state index in [0.717, 1.165) is 0 Å². The Labute approximate surface area is 186 Å². The first-order chi connectivity index (χ1) is 14.3. The number of likely N-dealkylation sites (N-methyl/N-ethyl adjacent to an activating group) is 1. The number of nitrogens with two attached hydrogens (primary N) is 1. The SMILES string of the molecule is CCN(C(=O)C(C)OC(C)=O)[C@H]1CN(CCCOC)S(=O)(=O)c2sc(S(N)(=O)=O)cc21. The molecule has 0 spiro atoms. The van der Waals surface area contributed by atoms with Crippen LogP contribution in [0.15, 0.2) is 14.5 Å². The molecule has 0 fully saturated rings. The minimum Gasteiger partial charge on any atom is -0.453 e. The van der Waals surface area contributed by atoms with Crippen LogP contribution in [0.3, 0.4) is 0 Å². The third kappa shape index (κ3) is 5.62. The molecule has 0 saturated carbocycles. The second-order valence-corrected chi connectivity index (χ2v) is 11.9. The Balaban J connectivity index is 2.56. The van der Waals surface area contributed by atoms with Gasteiger partial charge in [0, 0.05) is 45.8 Å². The standard InChI is InChI=1S/C17H27N3O8S3/c1-5-20(16(22)11(2)28-12(3)21)14-10-19(7-6-8-27-4)31(25,26)17-13(14)9-15(29-17)30(18,23)24/h9,11,14H,5-8,10H2,1-4H3,(H2,18,23,24)/t11?,14-/m0/s1. The lowest BCUT2D eigenvalue weighted by Gasteiger charge is -2.39. The Morgan fingerprint density at radius 1 is 1.42 bits per heavy atom. The highest BCUT2D eigenvalue weighted by Gasteiger charge is 2.43. The normalized spacial score (nSPS) is 19.5. The summed E-state index contributed by atoms with van der Waals surface area (Å²) < 4.78 is 60.8. The molecule has 1 aliphatic heterocycles. The van der Waals surface area contributed by atoms with Gasteiger partial charge in [-0.05, 0) is 26.3 Å². The summed E-state index contributed by atoms with van der Waals surface area (Å²) in [7, 11) is -6.64. The smallest absolute Gasteiger partial charge is 0.303 e. The first kappa shape index (κ1) is 25.7. The summed E-state index contributed by atoms with van der Waals surface area (Å²) in [5, 5.41) is 5.23. The minimum atomic E-state index is -4.15. The summed E-state index contributed by atoms with van der Waals surface area (Å²) in [5.41, 5.74) is 0.183. The lowest BCUT2D eigenvalue weighted by molar-refractivity contribution is -0.158. The number of sulfonamides is 2. The zero-order valence-corrected chi connectivity index (χ0v) is 20.2. The summed E-state index contributed by atoms with van der Waals surface area (Å²) in [5.74, 6) is -1.15. The van der Waals surface area contributed by atoms with Crippen LogP contribution in [0.4, 0.5) is 0 Å². The van der Waals surface area contributed by atoms with Crippen molar-refractivity contribution in [1.82, 2.24) is 9.21 Å². The van der Waals surface area contributed by atoms with Gasteiger partial charge in [0.1, 0.15) is 8.42 Å². The van der Waals surface area contributed by atoms with Crippen LogP contribution in [0.2, 0.25) is 0 Å². The van der Waals surface area contributed by atoms with Gasteiger partial charge in [0.05, 0.1) is 6.04 Å². The van der Waals surface area contributed by atoms with E-state index in [-0.39, 0.29) is 33.6 Å². The van der Waals surface area contributed by atoms with E-state index in [1.165, 1.54) is 36.2 Å². The topological polar surface area (TPSA) is 153 Å². The van der Waals surface area contributed by atoms with Crippen molar-refractivity contribution in [3.05, 3.63) is 11.6 Å². The molecule has 0 radical (unpaired) electrons. The number of thiophene rings is 1. The van der Waals surface area contributed by atoms with E-state index in [4.69, 9.17) is 14.6 Å². The van der Waals surface area contributed by atoms with E-state index in [0.29, 0.717) is 24.4 Å². The highest BCUT2D eigenvalue weighted by molar-refractivity contribution is 7.94. The Morgan fingerprint density at radius 3 is 2.58 bits per heavy atom. The van der Waals surface area contributed by atoms with Crippen molar-refractivity contribution in [2.24, 2.45) is 5.14 Å². The Bertz CT molecular complexity index is 1040. The molecule has 1 amide bonds. The van der Waals surface area contributed by atoms with Gasteiger partial charge >= 0.3 is 5.97 Å². The van der Waals surface area contributed by atoms with Crippen LogP contribution in [-0.2, 0) is 39.1 Å². The van der Waals surface area contributed by atoms with Crippen molar-refractivity contribution in [1.29, 1.82) is 0 Å². The van der Waals surface area contributed by atoms with Gasteiger partial charge in [-0.3, -0.25) is 9.59 Å². The summed E-state index contributed by atoms with van der Waals surface area (Å²) >= 11 is 0.557. The third-order valence-corrected chi connectivity index (χ3v) is 9.70. The average molecular weight is 498 g/mol. The number of hydrogen-bond acceptors (Lipinski definition) is 9. The minimum absolute atomic E-state index is 0.0772. The predicted octanol–water partition coefficient (Wildman–Crippen LogP) is 0.278. The van der Waals surface area contributed by atoms with Gasteiger partial charge in [0.2, 0.25) is 10.0 Å². The number of carbonyl (C=O) groups is 2. The largest absolute Gasteiger partial charge is 0.453 e. The number of amides is 1. The van der Waals surface area contributed by atoms with Crippen LogP contribution < -0.4 is 5.14 Å². The summed E-state index contributed by atoms with van der Waals surface area (Å²) in [6, 6.07) is 0.430. The van der Waals surface area contributed by atoms with E-state index in [1.807, 2.05) is 0 Å².